The maximum absolute atomic E-state index is 6.30. The smallest absolute Gasteiger partial charge is 0.159 e. The second kappa shape index (κ2) is 11.3. The van der Waals surface area contributed by atoms with E-state index in [0.717, 1.165) is 66.4 Å². The summed E-state index contributed by atoms with van der Waals surface area (Å²) in [6.07, 6.45) is -0.280. The van der Waals surface area contributed by atoms with Crippen LogP contribution in [0, 0.1) is 0 Å². The van der Waals surface area contributed by atoms with Crippen LogP contribution in [0.2, 0.25) is 0 Å². The van der Waals surface area contributed by atoms with Crippen LogP contribution in [0.1, 0.15) is 22.9 Å². The van der Waals surface area contributed by atoms with Gasteiger partial charge in [-0.05, 0) is 63.5 Å². The molecule has 1 atom stereocenters. The first-order valence-electron chi connectivity index (χ1n) is 15.9. The molecule has 1 aromatic heterocycles. The van der Waals surface area contributed by atoms with Crippen molar-refractivity contribution in [2.24, 2.45) is 9.98 Å². The Balaban J connectivity index is 1.08. The predicted molar refractivity (Wildman–Crippen MR) is 194 cm³/mol. The summed E-state index contributed by atoms with van der Waals surface area (Å²) < 4.78 is 6.30. The molecule has 0 bridgehead atoms. The summed E-state index contributed by atoms with van der Waals surface area (Å²) in [6, 6.07) is 57.0. The summed E-state index contributed by atoms with van der Waals surface area (Å²) >= 11 is 0. The number of furan rings is 1. The van der Waals surface area contributed by atoms with Gasteiger partial charge in [-0.15, -0.1) is 0 Å². The molecule has 0 saturated heterocycles. The quantitative estimate of drug-likeness (QED) is 0.213. The highest BCUT2D eigenvalue weighted by atomic mass is 16.3. The van der Waals surface area contributed by atoms with E-state index in [4.69, 9.17) is 14.4 Å². The van der Waals surface area contributed by atoms with Crippen molar-refractivity contribution in [1.29, 1.82) is 0 Å². The van der Waals surface area contributed by atoms with Crippen LogP contribution in [0.4, 0.5) is 0 Å². The Kier molecular flexibility index (Phi) is 6.50. The number of amidine groups is 2. The lowest BCUT2D eigenvalue weighted by Gasteiger charge is -2.24. The molecule has 0 fully saturated rings. The molecule has 1 unspecified atom stereocenters. The number of hydrogen-bond donors (Lipinski definition) is 1. The molecule has 8 aromatic rings. The highest BCUT2D eigenvalue weighted by Gasteiger charge is 2.21. The summed E-state index contributed by atoms with van der Waals surface area (Å²) in [6.45, 7) is 0. The maximum Gasteiger partial charge on any atom is 0.159 e. The van der Waals surface area contributed by atoms with Crippen molar-refractivity contribution in [2.75, 3.05) is 0 Å². The first-order chi connectivity index (χ1) is 23.3. The lowest BCUT2D eigenvalue weighted by atomic mass is 9.98. The van der Waals surface area contributed by atoms with Crippen molar-refractivity contribution in [3.63, 3.8) is 0 Å². The van der Waals surface area contributed by atoms with Crippen LogP contribution < -0.4 is 5.32 Å². The molecular formula is C43H29N3O. The summed E-state index contributed by atoms with van der Waals surface area (Å²) in [4.78, 5) is 10.1. The minimum Gasteiger partial charge on any atom is -0.455 e. The minimum atomic E-state index is -0.280. The van der Waals surface area contributed by atoms with Gasteiger partial charge in [-0.1, -0.05) is 133 Å². The van der Waals surface area contributed by atoms with E-state index in [1.807, 2.05) is 36.4 Å². The molecule has 0 spiro atoms. The van der Waals surface area contributed by atoms with Crippen molar-refractivity contribution in [3.8, 4) is 22.3 Å². The van der Waals surface area contributed by atoms with Gasteiger partial charge in [0, 0.05) is 27.3 Å². The van der Waals surface area contributed by atoms with E-state index < -0.39 is 0 Å². The summed E-state index contributed by atoms with van der Waals surface area (Å²) in [5, 5.41) is 8.18. The van der Waals surface area contributed by atoms with Gasteiger partial charge in [-0.3, -0.25) is 0 Å². The Morgan fingerprint density at radius 3 is 1.94 bits per heavy atom. The summed E-state index contributed by atoms with van der Waals surface area (Å²) in [5.41, 5.74) is 9.53. The molecule has 0 aliphatic carbocycles. The fourth-order valence-electron chi connectivity index (χ4n) is 6.51. The number of fused-ring (bicyclic) bond motifs is 5. The fraction of sp³-hybridized carbons (Fsp3) is 0.0233. The van der Waals surface area contributed by atoms with E-state index in [2.05, 4.69) is 133 Å². The Morgan fingerprint density at radius 1 is 0.468 bits per heavy atom. The number of hydrogen-bond acceptors (Lipinski definition) is 4. The highest BCUT2D eigenvalue weighted by molar-refractivity contribution is 6.16. The van der Waals surface area contributed by atoms with Gasteiger partial charge in [0.05, 0.1) is 0 Å². The molecule has 1 aliphatic rings. The van der Waals surface area contributed by atoms with Crippen LogP contribution in [0.25, 0.3) is 55.0 Å². The molecule has 1 aliphatic heterocycles. The first kappa shape index (κ1) is 27.1. The van der Waals surface area contributed by atoms with Gasteiger partial charge in [-0.2, -0.15) is 0 Å². The summed E-state index contributed by atoms with van der Waals surface area (Å²) in [7, 11) is 0. The highest BCUT2D eigenvalue weighted by Crippen LogP contribution is 2.36. The fourth-order valence-corrected chi connectivity index (χ4v) is 6.51. The molecule has 0 saturated carbocycles. The number of aliphatic imine (C=N–C) groups is 2. The van der Waals surface area contributed by atoms with Gasteiger partial charge in [-0.25, -0.2) is 9.98 Å². The Hall–Kier alpha value is -6.26. The second-order valence-electron chi connectivity index (χ2n) is 11.9. The zero-order valence-corrected chi connectivity index (χ0v) is 25.5. The van der Waals surface area contributed by atoms with Crippen LogP contribution in [0.15, 0.2) is 178 Å². The third kappa shape index (κ3) is 4.97. The van der Waals surface area contributed by atoms with E-state index in [-0.39, 0.29) is 6.17 Å². The molecule has 9 rings (SSSR count). The van der Waals surface area contributed by atoms with Crippen LogP contribution in [0.5, 0.6) is 0 Å². The van der Waals surface area contributed by atoms with Crippen molar-refractivity contribution < 1.29 is 4.42 Å². The standard InChI is InChI=1S/C43H29N3O/c1-3-10-28(11-4-1)29-18-20-31(21-19-29)42-44-41(30-12-5-2-6-13-30)45-43(46-42)35-15-9-14-32(27-35)33-22-24-36-34(26-33)23-25-38-37-16-7-8-17-39(37)47-40(36)38/h1-27,42H,(H,44,45,46). The molecule has 0 radical (unpaired) electrons. The Labute approximate surface area is 272 Å². The number of nitrogens with one attached hydrogen (secondary N) is 1. The van der Waals surface area contributed by atoms with Crippen LogP contribution >= 0.6 is 0 Å². The second-order valence-corrected chi connectivity index (χ2v) is 11.9. The zero-order valence-electron chi connectivity index (χ0n) is 25.5. The largest absolute Gasteiger partial charge is 0.455 e. The Bertz CT molecular complexity index is 2480. The van der Waals surface area contributed by atoms with Crippen molar-refractivity contribution in [3.05, 3.63) is 180 Å². The first-order valence-corrected chi connectivity index (χ1v) is 15.9. The van der Waals surface area contributed by atoms with Gasteiger partial charge < -0.3 is 9.73 Å². The van der Waals surface area contributed by atoms with E-state index in [0.29, 0.717) is 5.84 Å². The van der Waals surface area contributed by atoms with Gasteiger partial charge in [0.1, 0.15) is 23.2 Å². The lowest BCUT2D eigenvalue weighted by Crippen LogP contribution is -2.33. The average Bonchev–Trinajstić information content (AvgIpc) is 3.54. The normalized spacial score (nSPS) is 14.6. The van der Waals surface area contributed by atoms with E-state index in [9.17, 15) is 0 Å². The molecule has 0 amide bonds. The topological polar surface area (TPSA) is 49.9 Å². The van der Waals surface area contributed by atoms with Crippen molar-refractivity contribution >= 4 is 44.4 Å². The predicted octanol–water partition coefficient (Wildman–Crippen LogP) is 10.6. The molecule has 47 heavy (non-hydrogen) atoms. The molecule has 7 aromatic carbocycles. The molecule has 2 heterocycles. The zero-order chi connectivity index (χ0) is 31.2. The summed E-state index contributed by atoms with van der Waals surface area (Å²) in [5.74, 6) is 1.50. The van der Waals surface area contributed by atoms with Gasteiger partial charge in [0.15, 0.2) is 5.84 Å². The number of nitrogens with zero attached hydrogens (tertiary/aromatic N) is 2. The van der Waals surface area contributed by atoms with E-state index in [1.165, 1.54) is 11.1 Å². The van der Waals surface area contributed by atoms with Gasteiger partial charge in [0.2, 0.25) is 0 Å². The van der Waals surface area contributed by atoms with Crippen LogP contribution in [-0.4, -0.2) is 11.7 Å². The van der Waals surface area contributed by atoms with Gasteiger partial charge >= 0.3 is 0 Å². The van der Waals surface area contributed by atoms with E-state index >= 15 is 0 Å². The SMILES string of the molecule is c1ccc(C2=NC(c3ccc(-c4ccccc4)cc3)NC(c3cccc(-c4ccc5c(ccc6c7ccccc7oc56)c4)c3)=N2)cc1. The Morgan fingerprint density at radius 2 is 1.11 bits per heavy atom. The van der Waals surface area contributed by atoms with E-state index in [1.54, 1.807) is 0 Å². The number of rotatable bonds is 5. The van der Waals surface area contributed by atoms with Crippen LogP contribution in [-0.2, 0) is 0 Å². The molecule has 1 N–H and O–H groups in total. The molecule has 4 nitrogen and oxygen atoms in total. The van der Waals surface area contributed by atoms with Crippen molar-refractivity contribution in [1.82, 2.24) is 5.32 Å². The minimum absolute atomic E-state index is 0.280. The molecule has 4 heteroatoms. The average molecular weight is 604 g/mol. The van der Waals surface area contributed by atoms with Gasteiger partial charge in [0.25, 0.3) is 0 Å². The molecule has 222 valence electrons. The third-order valence-electron chi connectivity index (χ3n) is 8.94. The monoisotopic (exact) mass is 603 g/mol. The number of para-hydroxylation sites is 1. The number of benzene rings is 7. The van der Waals surface area contributed by atoms with Crippen LogP contribution in [0.3, 0.4) is 0 Å². The van der Waals surface area contributed by atoms with Crippen molar-refractivity contribution in [2.45, 2.75) is 6.17 Å². The molecular weight excluding hydrogens is 574 g/mol. The lowest BCUT2D eigenvalue weighted by molar-refractivity contribution is 0.672. The third-order valence-corrected chi connectivity index (χ3v) is 8.94. The maximum atomic E-state index is 6.30.